The zero-order valence-electron chi connectivity index (χ0n) is 27.8. The Hall–Kier alpha value is -3.87. The van der Waals surface area contributed by atoms with Crippen molar-refractivity contribution in [3.05, 3.63) is 47.0 Å². The molecule has 2 aromatic rings. The van der Waals surface area contributed by atoms with Gasteiger partial charge in [0.1, 0.15) is 17.1 Å². The van der Waals surface area contributed by atoms with E-state index in [-0.39, 0.29) is 54.5 Å². The quantitative estimate of drug-likeness (QED) is 0.0570. The summed E-state index contributed by atoms with van der Waals surface area (Å²) in [6.45, 7) is 3.16. The third-order valence-electron chi connectivity index (χ3n) is 11.0. The normalized spacial score (nSPS) is 25.6. The number of fused-ring (bicyclic) bond motifs is 5. The van der Waals surface area contributed by atoms with E-state index in [1.54, 1.807) is 7.11 Å². The molecule has 7 unspecified atom stereocenters. The topological polar surface area (TPSA) is 204 Å². The number of aryl methyl sites for hydroxylation is 1. The molecule has 3 aliphatic rings. The van der Waals surface area contributed by atoms with Crippen LogP contribution in [0.2, 0.25) is 0 Å². The van der Waals surface area contributed by atoms with Crippen molar-refractivity contribution in [3.8, 4) is 17.2 Å². The minimum absolute atomic E-state index is 0.00139. The number of hydrogen-bond donors (Lipinski definition) is 6. The number of nitrogens with two attached hydrogens (primary N) is 2. The van der Waals surface area contributed by atoms with Crippen LogP contribution in [-0.2, 0) is 20.7 Å². The van der Waals surface area contributed by atoms with Crippen molar-refractivity contribution < 1.29 is 43.9 Å². The number of rotatable bonds is 14. The van der Waals surface area contributed by atoms with Gasteiger partial charge in [-0.05, 0) is 110 Å². The first-order chi connectivity index (χ1) is 22.9. The maximum atomic E-state index is 12.5. The second kappa shape index (κ2) is 15.1. The van der Waals surface area contributed by atoms with Gasteiger partial charge in [0.2, 0.25) is 5.91 Å². The molecule has 12 nitrogen and oxygen atoms in total. The fourth-order valence-electron chi connectivity index (χ4n) is 8.41. The lowest BCUT2D eigenvalue weighted by atomic mass is 9.55. The number of carbonyl (C=O) groups excluding carboxylic acids is 3. The molecule has 8 N–H and O–H groups in total. The molecule has 3 aliphatic carbocycles. The van der Waals surface area contributed by atoms with Gasteiger partial charge in [0, 0.05) is 19.4 Å². The van der Waals surface area contributed by atoms with Gasteiger partial charge in [0.25, 0.3) is 5.91 Å². The second-order valence-electron chi connectivity index (χ2n) is 13.7. The van der Waals surface area contributed by atoms with Gasteiger partial charge in [-0.15, -0.1) is 0 Å². The summed E-state index contributed by atoms with van der Waals surface area (Å²) in [6.07, 6.45) is 3.96. The van der Waals surface area contributed by atoms with E-state index in [0.717, 1.165) is 37.9 Å². The van der Waals surface area contributed by atoms with Gasteiger partial charge in [-0.3, -0.25) is 14.4 Å². The molecule has 262 valence electrons. The fourth-order valence-corrected chi connectivity index (χ4v) is 8.41. The van der Waals surface area contributed by atoms with E-state index >= 15 is 0 Å². The van der Waals surface area contributed by atoms with Crippen LogP contribution in [0.25, 0.3) is 0 Å². The molecule has 12 heteroatoms. The standard InChI is InChI=1S/C36H49N3O9/c1-36-16-15-23-22-6-4-21(46-2)19-20(22)3-5-24(23)25(36)7-12-30(36)47-18-17-39-31(42)13-9-27(40)28(41)10-14-32(43)48-29-11-8-26(37)34(44)33(29)35(38)45/h4,6,8,11,19,23-25,27-28,30,40-41,44H,3,5,7,9-10,12-18,37H2,1-2H3,(H2,38,45)(H,39,42). The van der Waals surface area contributed by atoms with Crippen molar-refractivity contribution in [1.29, 1.82) is 0 Å². The zero-order chi connectivity index (χ0) is 34.6. The Kier molecular flexibility index (Phi) is 11.2. The third kappa shape index (κ3) is 7.55. The molecule has 2 amide bonds. The van der Waals surface area contributed by atoms with E-state index in [4.69, 9.17) is 25.7 Å². The van der Waals surface area contributed by atoms with E-state index in [1.807, 2.05) is 0 Å². The minimum atomic E-state index is -1.28. The smallest absolute Gasteiger partial charge is 0.311 e. The molecule has 2 aromatic carbocycles. The molecule has 0 saturated heterocycles. The number of esters is 1. The Bertz CT molecular complexity index is 1500. The van der Waals surface area contributed by atoms with Gasteiger partial charge in [0.15, 0.2) is 5.75 Å². The highest BCUT2D eigenvalue weighted by atomic mass is 16.5. The first kappa shape index (κ1) is 35.4. The van der Waals surface area contributed by atoms with E-state index in [0.29, 0.717) is 30.9 Å². The predicted molar refractivity (Wildman–Crippen MR) is 178 cm³/mol. The number of hydrogen-bond acceptors (Lipinski definition) is 10. The number of aliphatic hydroxyl groups excluding tert-OH is 2. The van der Waals surface area contributed by atoms with Gasteiger partial charge < -0.3 is 46.3 Å². The Morgan fingerprint density at radius 2 is 1.79 bits per heavy atom. The molecule has 0 aliphatic heterocycles. The Morgan fingerprint density at radius 3 is 2.52 bits per heavy atom. The molecule has 0 spiro atoms. The molecule has 2 fully saturated rings. The van der Waals surface area contributed by atoms with Crippen molar-refractivity contribution in [3.63, 3.8) is 0 Å². The van der Waals surface area contributed by atoms with Crippen LogP contribution in [0, 0.1) is 17.3 Å². The predicted octanol–water partition coefficient (Wildman–Crippen LogP) is 3.33. The van der Waals surface area contributed by atoms with E-state index in [9.17, 15) is 29.7 Å². The highest BCUT2D eigenvalue weighted by molar-refractivity contribution is 6.00. The van der Waals surface area contributed by atoms with Gasteiger partial charge in [-0.1, -0.05) is 13.0 Å². The number of methoxy groups -OCH3 is 1. The average Bonchev–Trinajstić information content (AvgIpc) is 3.41. The molecule has 0 heterocycles. The summed E-state index contributed by atoms with van der Waals surface area (Å²) in [4.78, 5) is 36.4. The summed E-state index contributed by atoms with van der Waals surface area (Å²) in [6, 6.07) is 9.05. The molecule has 7 atom stereocenters. The lowest BCUT2D eigenvalue weighted by Crippen LogP contribution is -2.45. The number of nitrogen functional groups attached to an aromatic ring is 1. The largest absolute Gasteiger partial charge is 0.505 e. The second-order valence-corrected chi connectivity index (χ2v) is 13.7. The molecular weight excluding hydrogens is 618 g/mol. The van der Waals surface area contributed by atoms with Crippen molar-refractivity contribution in [1.82, 2.24) is 5.32 Å². The highest BCUT2D eigenvalue weighted by Crippen LogP contribution is 2.61. The highest BCUT2D eigenvalue weighted by Gasteiger charge is 2.55. The number of carbonyl (C=O) groups is 3. The molecule has 48 heavy (non-hydrogen) atoms. The fraction of sp³-hybridized carbons (Fsp3) is 0.583. The molecule has 0 bridgehead atoms. The Morgan fingerprint density at radius 1 is 1.04 bits per heavy atom. The van der Waals surface area contributed by atoms with Crippen LogP contribution in [0.3, 0.4) is 0 Å². The first-order valence-corrected chi connectivity index (χ1v) is 17.0. The summed E-state index contributed by atoms with van der Waals surface area (Å²) in [5, 5.41) is 33.5. The number of aromatic hydroxyl groups is 1. The van der Waals surface area contributed by atoms with Gasteiger partial charge in [-0.2, -0.15) is 0 Å². The number of amides is 2. The maximum Gasteiger partial charge on any atom is 0.311 e. The number of ether oxygens (including phenoxy) is 3. The van der Waals surface area contributed by atoms with Crippen LogP contribution in [0.15, 0.2) is 30.3 Å². The first-order valence-electron chi connectivity index (χ1n) is 17.0. The number of primary amides is 1. The molecular formula is C36H49N3O9. The molecule has 5 rings (SSSR count). The van der Waals surface area contributed by atoms with E-state index in [2.05, 4.69) is 30.4 Å². The summed E-state index contributed by atoms with van der Waals surface area (Å²) in [5.74, 6) is -0.143. The summed E-state index contributed by atoms with van der Waals surface area (Å²) >= 11 is 0. The SMILES string of the molecule is COc1ccc2c(c1)CCC1C2CCC2(C)C(OCCNC(=O)CCC(O)C(O)CCC(=O)Oc3ccc(N)c(O)c3C(N)=O)CCC12. The Balaban J connectivity index is 0.996. The summed E-state index contributed by atoms with van der Waals surface area (Å²) < 4.78 is 17.0. The number of anilines is 1. The monoisotopic (exact) mass is 667 g/mol. The Labute approximate surface area is 281 Å². The average molecular weight is 668 g/mol. The molecule has 0 aromatic heterocycles. The van der Waals surface area contributed by atoms with Gasteiger partial charge >= 0.3 is 5.97 Å². The van der Waals surface area contributed by atoms with Crippen molar-refractivity contribution >= 4 is 23.5 Å². The van der Waals surface area contributed by atoms with Crippen molar-refractivity contribution in [2.24, 2.45) is 23.0 Å². The van der Waals surface area contributed by atoms with Crippen LogP contribution < -0.4 is 26.3 Å². The number of phenols is 1. The molecule has 2 saturated carbocycles. The maximum absolute atomic E-state index is 12.5. The van der Waals surface area contributed by atoms with E-state index in [1.165, 1.54) is 29.7 Å². The van der Waals surface area contributed by atoms with E-state index < -0.39 is 35.4 Å². The minimum Gasteiger partial charge on any atom is -0.505 e. The van der Waals surface area contributed by atoms with Crippen LogP contribution in [-0.4, -0.2) is 71.7 Å². The van der Waals surface area contributed by atoms with Gasteiger partial charge in [0.05, 0.1) is 37.7 Å². The third-order valence-corrected chi connectivity index (χ3v) is 11.0. The lowest BCUT2D eigenvalue weighted by molar-refractivity contribution is -0.135. The lowest BCUT2D eigenvalue weighted by Gasteiger charge is -2.50. The van der Waals surface area contributed by atoms with Crippen LogP contribution in [0.4, 0.5) is 5.69 Å². The van der Waals surface area contributed by atoms with Crippen molar-refractivity contribution in [2.45, 2.75) is 95.4 Å². The van der Waals surface area contributed by atoms with Crippen molar-refractivity contribution in [2.75, 3.05) is 26.0 Å². The number of aliphatic hydroxyl groups is 2. The van der Waals surface area contributed by atoms with Crippen LogP contribution >= 0.6 is 0 Å². The van der Waals surface area contributed by atoms with Crippen LogP contribution in [0.1, 0.15) is 92.1 Å². The number of nitrogens with one attached hydrogen (secondary N) is 1. The summed E-state index contributed by atoms with van der Waals surface area (Å²) in [7, 11) is 1.72. The van der Waals surface area contributed by atoms with Crippen LogP contribution in [0.5, 0.6) is 17.2 Å². The van der Waals surface area contributed by atoms with Gasteiger partial charge in [-0.25, -0.2) is 0 Å². The zero-order valence-corrected chi connectivity index (χ0v) is 27.8. The molecule has 0 radical (unpaired) electrons. The number of benzene rings is 2. The summed E-state index contributed by atoms with van der Waals surface area (Å²) in [5.41, 5.74) is 13.3.